The van der Waals surface area contributed by atoms with Gasteiger partial charge in [0, 0.05) is 25.4 Å². The molecule has 122 valence electrons. The maximum absolute atomic E-state index is 4.51. The minimum atomic E-state index is 1.14. The van der Waals surface area contributed by atoms with Crippen LogP contribution in [0.1, 0.15) is 96.7 Å². The zero-order valence-corrected chi connectivity index (χ0v) is 14.4. The smallest absolute Gasteiger partial charge is 0.108 e. The van der Waals surface area contributed by atoms with Gasteiger partial charge in [-0.25, -0.2) is 4.98 Å². The molecule has 0 saturated heterocycles. The van der Waals surface area contributed by atoms with Crippen LogP contribution in [0.15, 0.2) is 12.4 Å². The molecule has 1 rings (SSSR count). The molecule has 2 heteroatoms. The van der Waals surface area contributed by atoms with E-state index in [1.807, 2.05) is 6.20 Å². The Morgan fingerprint density at radius 2 is 1.33 bits per heavy atom. The number of aryl methyl sites for hydroxylation is 2. The lowest BCUT2D eigenvalue weighted by atomic mass is 10.1. The van der Waals surface area contributed by atoms with Gasteiger partial charge in [-0.1, -0.05) is 78.1 Å². The van der Waals surface area contributed by atoms with Gasteiger partial charge in [-0.2, -0.15) is 0 Å². The molecule has 0 bridgehead atoms. The number of unbranched alkanes of at least 4 members (excludes halogenated alkanes) is 10. The lowest BCUT2D eigenvalue weighted by Gasteiger charge is -2.07. The van der Waals surface area contributed by atoms with Gasteiger partial charge in [0.2, 0.25) is 0 Å². The Kier molecular flexibility index (Phi) is 11.2. The fraction of sp³-hybridized carbons (Fsp3) is 0.842. The van der Waals surface area contributed by atoms with Gasteiger partial charge in [0.15, 0.2) is 0 Å². The Hall–Kier alpha value is -0.790. The standard InChI is InChI=1S/C19H36N2/c1-3-5-7-8-9-10-11-12-13-14-15-19-20-16-18-21(19)17-6-4-2/h16,18H,3-15,17H2,1-2H3. The van der Waals surface area contributed by atoms with E-state index in [9.17, 15) is 0 Å². The average Bonchev–Trinajstić information content (AvgIpc) is 2.94. The van der Waals surface area contributed by atoms with Crippen LogP contribution < -0.4 is 0 Å². The summed E-state index contributed by atoms with van der Waals surface area (Å²) in [7, 11) is 0. The molecule has 0 aliphatic carbocycles. The van der Waals surface area contributed by atoms with Crippen LogP contribution >= 0.6 is 0 Å². The predicted molar refractivity (Wildman–Crippen MR) is 92.7 cm³/mol. The highest BCUT2D eigenvalue weighted by Crippen LogP contribution is 2.12. The van der Waals surface area contributed by atoms with Crippen molar-refractivity contribution in [2.75, 3.05) is 0 Å². The van der Waals surface area contributed by atoms with E-state index >= 15 is 0 Å². The molecule has 0 saturated carbocycles. The molecule has 0 aliphatic rings. The number of rotatable bonds is 14. The second-order valence-corrected chi connectivity index (χ2v) is 6.32. The number of imidazole rings is 1. The molecule has 0 atom stereocenters. The fourth-order valence-electron chi connectivity index (χ4n) is 2.87. The normalized spacial score (nSPS) is 11.1. The molecule has 0 aliphatic heterocycles. The Morgan fingerprint density at radius 1 is 0.762 bits per heavy atom. The first kappa shape index (κ1) is 18.3. The summed E-state index contributed by atoms with van der Waals surface area (Å²) in [6, 6.07) is 0. The minimum absolute atomic E-state index is 1.14. The van der Waals surface area contributed by atoms with E-state index in [2.05, 4.69) is 29.6 Å². The molecule has 0 unspecified atom stereocenters. The van der Waals surface area contributed by atoms with Gasteiger partial charge in [0.05, 0.1) is 0 Å². The van der Waals surface area contributed by atoms with Crippen molar-refractivity contribution in [2.45, 2.75) is 104 Å². The van der Waals surface area contributed by atoms with Crippen LogP contribution in [0.3, 0.4) is 0 Å². The highest BCUT2D eigenvalue weighted by molar-refractivity contribution is 4.92. The van der Waals surface area contributed by atoms with Crippen molar-refractivity contribution in [1.82, 2.24) is 9.55 Å². The SMILES string of the molecule is CCCCCCCCCCCCc1nccn1CCCC. The van der Waals surface area contributed by atoms with Crippen LogP contribution in [0, 0.1) is 0 Å². The Bertz CT molecular complexity index is 330. The van der Waals surface area contributed by atoms with Crippen LogP contribution in [-0.2, 0) is 13.0 Å². The zero-order valence-electron chi connectivity index (χ0n) is 14.4. The summed E-state index contributed by atoms with van der Waals surface area (Å²) in [5.74, 6) is 1.29. The van der Waals surface area contributed by atoms with Gasteiger partial charge in [-0.05, 0) is 12.8 Å². The van der Waals surface area contributed by atoms with Crippen LogP contribution in [-0.4, -0.2) is 9.55 Å². The summed E-state index contributed by atoms with van der Waals surface area (Å²) in [5.41, 5.74) is 0. The first-order valence-electron chi connectivity index (χ1n) is 9.38. The molecule has 1 aromatic rings. The molecule has 0 N–H and O–H groups in total. The predicted octanol–water partition coefficient (Wildman–Crippen LogP) is 6.15. The van der Waals surface area contributed by atoms with Gasteiger partial charge >= 0.3 is 0 Å². The summed E-state index contributed by atoms with van der Waals surface area (Å²) in [6.45, 7) is 5.68. The second kappa shape index (κ2) is 12.9. The third-order valence-corrected chi connectivity index (χ3v) is 4.31. The van der Waals surface area contributed by atoms with E-state index in [1.54, 1.807) is 0 Å². The van der Waals surface area contributed by atoms with Crippen LogP contribution in [0.25, 0.3) is 0 Å². The highest BCUT2D eigenvalue weighted by Gasteiger charge is 2.02. The first-order valence-corrected chi connectivity index (χ1v) is 9.38. The molecule has 1 heterocycles. The maximum Gasteiger partial charge on any atom is 0.108 e. The van der Waals surface area contributed by atoms with Crippen molar-refractivity contribution < 1.29 is 0 Å². The average molecular weight is 293 g/mol. The first-order chi connectivity index (χ1) is 10.4. The summed E-state index contributed by atoms with van der Waals surface area (Å²) in [6.07, 6.45) is 21.8. The largest absolute Gasteiger partial charge is 0.335 e. The molecule has 0 fully saturated rings. The number of nitrogens with zero attached hydrogens (tertiary/aromatic N) is 2. The molecule has 0 radical (unpaired) electrons. The maximum atomic E-state index is 4.51. The Labute approximate surface area is 132 Å². The summed E-state index contributed by atoms with van der Waals surface area (Å²) in [5, 5.41) is 0. The summed E-state index contributed by atoms with van der Waals surface area (Å²) in [4.78, 5) is 4.51. The Balaban J connectivity index is 1.95. The second-order valence-electron chi connectivity index (χ2n) is 6.32. The van der Waals surface area contributed by atoms with E-state index in [4.69, 9.17) is 0 Å². The minimum Gasteiger partial charge on any atom is -0.335 e. The topological polar surface area (TPSA) is 17.8 Å². The lowest BCUT2D eigenvalue weighted by molar-refractivity contribution is 0.545. The summed E-state index contributed by atoms with van der Waals surface area (Å²) < 4.78 is 2.34. The van der Waals surface area contributed by atoms with E-state index in [0.717, 1.165) is 13.0 Å². The van der Waals surface area contributed by atoms with Crippen molar-refractivity contribution in [1.29, 1.82) is 0 Å². The van der Waals surface area contributed by atoms with Crippen LogP contribution in [0.4, 0.5) is 0 Å². The van der Waals surface area contributed by atoms with Crippen molar-refractivity contribution >= 4 is 0 Å². The third-order valence-electron chi connectivity index (χ3n) is 4.31. The number of hydrogen-bond acceptors (Lipinski definition) is 1. The van der Waals surface area contributed by atoms with Crippen molar-refractivity contribution in [2.24, 2.45) is 0 Å². The fourth-order valence-corrected chi connectivity index (χ4v) is 2.87. The molecule has 0 spiro atoms. The van der Waals surface area contributed by atoms with Crippen molar-refractivity contribution in [3.8, 4) is 0 Å². The Morgan fingerprint density at radius 3 is 1.95 bits per heavy atom. The summed E-state index contributed by atoms with van der Waals surface area (Å²) >= 11 is 0. The van der Waals surface area contributed by atoms with E-state index in [-0.39, 0.29) is 0 Å². The van der Waals surface area contributed by atoms with E-state index < -0.39 is 0 Å². The highest BCUT2D eigenvalue weighted by atomic mass is 15.1. The molecule has 2 nitrogen and oxygen atoms in total. The van der Waals surface area contributed by atoms with Crippen molar-refractivity contribution in [3.05, 3.63) is 18.2 Å². The van der Waals surface area contributed by atoms with Gasteiger partial charge in [-0.15, -0.1) is 0 Å². The number of hydrogen-bond donors (Lipinski definition) is 0. The molecule has 0 amide bonds. The lowest BCUT2D eigenvalue weighted by Crippen LogP contribution is -2.03. The van der Waals surface area contributed by atoms with Gasteiger partial charge in [0.25, 0.3) is 0 Å². The molecular formula is C19H36N2. The van der Waals surface area contributed by atoms with E-state index in [1.165, 1.54) is 82.9 Å². The third kappa shape index (κ3) is 8.95. The van der Waals surface area contributed by atoms with Crippen LogP contribution in [0.2, 0.25) is 0 Å². The quantitative estimate of drug-likeness (QED) is 0.376. The van der Waals surface area contributed by atoms with Crippen molar-refractivity contribution in [3.63, 3.8) is 0 Å². The van der Waals surface area contributed by atoms with Gasteiger partial charge < -0.3 is 4.57 Å². The van der Waals surface area contributed by atoms with E-state index in [0.29, 0.717) is 0 Å². The van der Waals surface area contributed by atoms with Crippen LogP contribution in [0.5, 0.6) is 0 Å². The molecule has 21 heavy (non-hydrogen) atoms. The number of aromatic nitrogens is 2. The molecular weight excluding hydrogens is 256 g/mol. The molecule has 1 aromatic heterocycles. The zero-order chi connectivity index (χ0) is 15.2. The molecule has 0 aromatic carbocycles. The monoisotopic (exact) mass is 292 g/mol. The van der Waals surface area contributed by atoms with Gasteiger partial charge in [-0.3, -0.25) is 0 Å². The van der Waals surface area contributed by atoms with Gasteiger partial charge in [0.1, 0.15) is 5.82 Å².